The summed E-state index contributed by atoms with van der Waals surface area (Å²) in [5, 5.41) is 2.24. The summed E-state index contributed by atoms with van der Waals surface area (Å²) < 4.78 is 14.4. The Balaban J connectivity index is 1.53. The second kappa shape index (κ2) is 8.63. The van der Waals surface area contributed by atoms with E-state index >= 15 is 0 Å². The van der Waals surface area contributed by atoms with E-state index in [9.17, 15) is 0 Å². The molecule has 0 bridgehead atoms. The van der Waals surface area contributed by atoms with Gasteiger partial charge in [-0.3, -0.25) is 0 Å². The van der Waals surface area contributed by atoms with E-state index in [0.717, 1.165) is 44.3 Å². The second-order valence-electron chi connectivity index (χ2n) is 12.6. The Morgan fingerprint density at radius 3 is 2.50 bits per heavy atom. The van der Waals surface area contributed by atoms with Crippen molar-refractivity contribution in [3.63, 3.8) is 0 Å². The number of allylic oxidation sites excluding steroid dienone is 1. The molecule has 0 fully saturated rings. The summed E-state index contributed by atoms with van der Waals surface area (Å²) in [6, 6.07) is 20.0. The van der Waals surface area contributed by atoms with Gasteiger partial charge in [0.2, 0.25) is 0 Å². The summed E-state index contributed by atoms with van der Waals surface area (Å²) in [6.45, 7) is 11.9. The van der Waals surface area contributed by atoms with Crippen LogP contribution in [0.3, 0.4) is 0 Å². The quantitative estimate of drug-likeness (QED) is 0.189. The normalized spacial score (nSPS) is 18.6. The summed E-state index contributed by atoms with van der Waals surface area (Å²) in [5.41, 5.74) is 13.1. The van der Waals surface area contributed by atoms with Crippen LogP contribution in [0.4, 0.5) is 0 Å². The molecule has 0 N–H and O–H groups in total. The minimum atomic E-state index is 0.0887. The van der Waals surface area contributed by atoms with Crippen molar-refractivity contribution in [2.75, 3.05) is 0 Å². The first-order valence-corrected chi connectivity index (χ1v) is 15.4. The van der Waals surface area contributed by atoms with E-state index in [1.807, 2.05) is 6.07 Å². The highest BCUT2D eigenvalue weighted by atomic mass is 79.9. The third-order valence-corrected chi connectivity index (χ3v) is 10.3. The lowest BCUT2D eigenvalue weighted by Crippen LogP contribution is -2.57. The van der Waals surface area contributed by atoms with Gasteiger partial charge in [0.15, 0.2) is 0 Å². The highest BCUT2D eigenvalue weighted by molar-refractivity contribution is 9.10. The van der Waals surface area contributed by atoms with Gasteiger partial charge in [0, 0.05) is 15.2 Å². The van der Waals surface area contributed by atoms with Crippen molar-refractivity contribution in [1.29, 1.82) is 0 Å². The van der Waals surface area contributed by atoms with E-state index in [1.165, 1.54) is 44.2 Å². The lowest BCUT2D eigenvalue weighted by molar-refractivity contribution is 0.485. The maximum absolute atomic E-state index is 6.88. The van der Waals surface area contributed by atoms with E-state index in [2.05, 4.69) is 111 Å². The highest BCUT2D eigenvalue weighted by Crippen LogP contribution is 2.47. The molecule has 2 unspecified atom stereocenters. The zero-order valence-electron chi connectivity index (χ0n) is 23.6. The van der Waals surface area contributed by atoms with Gasteiger partial charge in [0.1, 0.15) is 22.7 Å². The first kappa shape index (κ1) is 24.6. The topological polar surface area (TPSA) is 22.4 Å². The third kappa shape index (κ3) is 3.29. The number of furan rings is 1. The van der Waals surface area contributed by atoms with Crippen LogP contribution in [0.15, 0.2) is 69.6 Å². The highest BCUT2D eigenvalue weighted by Gasteiger charge is 2.45. The van der Waals surface area contributed by atoms with E-state index in [4.69, 9.17) is 9.15 Å². The molecule has 0 amide bonds. The Labute approximate surface area is 244 Å². The smallest absolute Gasteiger partial charge is 0.252 e. The molecule has 1 aromatic heterocycles. The van der Waals surface area contributed by atoms with Crippen LogP contribution in [0, 0.1) is 0 Å². The van der Waals surface area contributed by atoms with Gasteiger partial charge in [0.25, 0.3) is 6.71 Å². The Kier molecular flexibility index (Phi) is 5.30. The van der Waals surface area contributed by atoms with Gasteiger partial charge in [0.05, 0.1) is 0 Å². The van der Waals surface area contributed by atoms with Gasteiger partial charge in [-0.05, 0) is 93.1 Å². The van der Waals surface area contributed by atoms with Gasteiger partial charge in [-0.2, -0.15) is 0 Å². The average molecular weight is 587 g/mol. The number of hydrogen-bond donors (Lipinski definition) is 0. The molecule has 2 atom stereocenters. The van der Waals surface area contributed by atoms with Gasteiger partial charge >= 0.3 is 0 Å². The maximum atomic E-state index is 6.88. The SMILES string of the molecule is CC(C)c1cc(C(C)C)c2c(c1)C(C)C1CC=Cc3c(Br)cc4c(c31)B2c1cc2oc3ccccc3c2cc1O4. The molecule has 3 heterocycles. The first-order chi connectivity index (χ1) is 19.3. The molecule has 198 valence electrons. The van der Waals surface area contributed by atoms with Crippen molar-refractivity contribution in [2.45, 2.75) is 64.7 Å². The third-order valence-electron chi connectivity index (χ3n) is 9.67. The number of para-hydroxylation sites is 1. The number of hydrogen-bond acceptors (Lipinski definition) is 2. The number of benzene rings is 4. The molecule has 4 heteroatoms. The fourth-order valence-electron chi connectivity index (χ4n) is 7.65. The molecule has 4 aromatic carbocycles. The van der Waals surface area contributed by atoms with Crippen molar-refractivity contribution in [3.8, 4) is 11.5 Å². The van der Waals surface area contributed by atoms with E-state index < -0.39 is 0 Å². The van der Waals surface area contributed by atoms with Gasteiger partial charge in [-0.15, -0.1) is 0 Å². The molecule has 1 aliphatic carbocycles. The molecule has 5 aromatic rings. The predicted octanol–water partition coefficient (Wildman–Crippen LogP) is 8.83. The maximum Gasteiger partial charge on any atom is 0.252 e. The number of fused-ring (bicyclic) bond motifs is 7. The molecule has 0 spiro atoms. The molecular weight excluding hydrogens is 555 g/mol. The van der Waals surface area contributed by atoms with Crippen molar-refractivity contribution in [1.82, 2.24) is 0 Å². The Hall–Kier alpha value is -3.24. The number of halogens is 1. The molecule has 2 nitrogen and oxygen atoms in total. The Morgan fingerprint density at radius 1 is 0.875 bits per heavy atom. The van der Waals surface area contributed by atoms with Gasteiger partial charge in [-0.25, -0.2) is 0 Å². The first-order valence-electron chi connectivity index (χ1n) is 14.6. The molecule has 0 radical (unpaired) electrons. The molecule has 8 rings (SSSR count). The van der Waals surface area contributed by atoms with Crippen molar-refractivity contribution >= 4 is 67.0 Å². The molecular formula is C36H32BBrO2. The lowest BCUT2D eigenvalue weighted by Gasteiger charge is -2.33. The van der Waals surface area contributed by atoms with Crippen LogP contribution in [0.25, 0.3) is 28.0 Å². The summed E-state index contributed by atoms with van der Waals surface area (Å²) in [6.07, 6.45) is 5.73. The van der Waals surface area contributed by atoms with Crippen molar-refractivity contribution in [3.05, 3.63) is 93.0 Å². The van der Waals surface area contributed by atoms with Crippen LogP contribution in [-0.4, -0.2) is 6.71 Å². The molecule has 40 heavy (non-hydrogen) atoms. The van der Waals surface area contributed by atoms with Crippen LogP contribution < -0.4 is 21.1 Å². The summed E-state index contributed by atoms with van der Waals surface area (Å²) >= 11 is 3.94. The van der Waals surface area contributed by atoms with E-state index in [1.54, 1.807) is 0 Å². The Bertz CT molecular complexity index is 1910. The molecule has 3 aliphatic rings. The van der Waals surface area contributed by atoms with E-state index in [0.29, 0.717) is 23.7 Å². The zero-order valence-corrected chi connectivity index (χ0v) is 25.2. The standard InChI is InChI=1S/C36H32BBrO2/c1-18(2)21-13-25(19(3)4)35-26(14-21)20(5)22-10-8-11-24-29(38)17-33-36(34(22)24)37(35)28-16-31-27(15-32(28)40-33)23-9-6-7-12-30(23)39-31/h6-9,11-20,22H,10H2,1-5H3. The minimum Gasteiger partial charge on any atom is -0.458 e. The van der Waals surface area contributed by atoms with Crippen LogP contribution >= 0.6 is 15.9 Å². The molecule has 0 saturated heterocycles. The Morgan fingerprint density at radius 2 is 1.70 bits per heavy atom. The predicted molar refractivity (Wildman–Crippen MR) is 172 cm³/mol. The van der Waals surface area contributed by atoms with Crippen LogP contribution in [0.1, 0.15) is 92.5 Å². The summed E-state index contributed by atoms with van der Waals surface area (Å²) in [7, 11) is 0. The van der Waals surface area contributed by atoms with Gasteiger partial charge in [-0.1, -0.05) is 98.5 Å². The zero-order chi connectivity index (χ0) is 27.4. The summed E-state index contributed by atoms with van der Waals surface area (Å²) in [4.78, 5) is 0. The number of rotatable bonds is 2. The van der Waals surface area contributed by atoms with Crippen molar-refractivity contribution in [2.24, 2.45) is 0 Å². The number of ether oxygens (including phenoxy) is 1. The molecule has 2 aliphatic heterocycles. The largest absolute Gasteiger partial charge is 0.458 e. The second-order valence-corrected chi connectivity index (χ2v) is 13.4. The van der Waals surface area contributed by atoms with Crippen molar-refractivity contribution < 1.29 is 9.15 Å². The lowest BCUT2D eigenvalue weighted by atomic mass is 9.33. The monoisotopic (exact) mass is 586 g/mol. The van der Waals surface area contributed by atoms with E-state index in [-0.39, 0.29) is 6.71 Å². The van der Waals surface area contributed by atoms with Gasteiger partial charge < -0.3 is 9.15 Å². The minimum absolute atomic E-state index is 0.0887. The van der Waals surface area contributed by atoms with Crippen LogP contribution in [0.2, 0.25) is 0 Å². The molecule has 0 saturated carbocycles. The fraction of sp³-hybridized carbons (Fsp3) is 0.278. The summed E-state index contributed by atoms with van der Waals surface area (Å²) in [5.74, 6) is 3.59. The van der Waals surface area contributed by atoms with Crippen LogP contribution in [-0.2, 0) is 0 Å². The van der Waals surface area contributed by atoms with Crippen LogP contribution in [0.5, 0.6) is 11.5 Å². The average Bonchev–Trinajstić information content (AvgIpc) is 3.25. The fourth-order valence-corrected chi connectivity index (χ4v) is 8.20.